The van der Waals surface area contributed by atoms with Crippen LogP contribution in [-0.4, -0.2) is 46.1 Å². The normalized spacial score (nSPS) is 20.5. The predicted molar refractivity (Wildman–Crippen MR) is 95.0 cm³/mol. The molecule has 132 valence electrons. The van der Waals surface area contributed by atoms with Crippen molar-refractivity contribution in [2.24, 2.45) is 0 Å². The fourth-order valence-corrected chi connectivity index (χ4v) is 3.66. The van der Waals surface area contributed by atoms with Gasteiger partial charge in [-0.1, -0.05) is 25.7 Å². The van der Waals surface area contributed by atoms with Crippen LogP contribution in [0.3, 0.4) is 0 Å². The van der Waals surface area contributed by atoms with E-state index in [0.717, 1.165) is 50.3 Å². The number of rotatable bonds is 3. The molecule has 2 aliphatic rings. The Morgan fingerprint density at radius 3 is 2.42 bits per heavy atom. The van der Waals surface area contributed by atoms with Crippen molar-refractivity contribution >= 4 is 11.8 Å². The number of hydrogen-bond donors (Lipinski definition) is 2. The van der Waals surface area contributed by atoms with Gasteiger partial charge in [-0.05, 0) is 32.6 Å². The van der Waals surface area contributed by atoms with Crippen LogP contribution < -0.4 is 10.6 Å². The molecule has 1 aromatic heterocycles. The van der Waals surface area contributed by atoms with E-state index in [-0.39, 0.29) is 6.03 Å². The van der Waals surface area contributed by atoms with E-state index in [4.69, 9.17) is 0 Å². The number of carbonyl (C=O) groups excluding carboxylic acids is 1. The summed E-state index contributed by atoms with van der Waals surface area (Å²) >= 11 is 0. The summed E-state index contributed by atoms with van der Waals surface area (Å²) in [6.07, 6.45) is 10.9. The molecule has 1 aliphatic carbocycles. The Labute approximate surface area is 144 Å². The van der Waals surface area contributed by atoms with Crippen LogP contribution in [-0.2, 0) is 0 Å². The first-order valence-corrected chi connectivity index (χ1v) is 9.31. The molecule has 1 saturated carbocycles. The average molecular weight is 331 g/mol. The minimum Gasteiger partial charge on any atom is -0.367 e. The number of nitrogens with zero attached hydrogens (tertiary/aromatic N) is 3. The fourth-order valence-electron chi connectivity index (χ4n) is 3.66. The Hall–Kier alpha value is -1.85. The van der Waals surface area contributed by atoms with Crippen LogP contribution in [0.4, 0.5) is 10.6 Å². The highest BCUT2D eigenvalue weighted by molar-refractivity contribution is 5.74. The van der Waals surface area contributed by atoms with E-state index in [1.54, 1.807) is 6.33 Å². The maximum Gasteiger partial charge on any atom is 0.317 e. The number of anilines is 1. The van der Waals surface area contributed by atoms with Gasteiger partial charge in [-0.2, -0.15) is 0 Å². The van der Waals surface area contributed by atoms with Crippen LogP contribution in [0, 0.1) is 6.92 Å². The van der Waals surface area contributed by atoms with Crippen molar-refractivity contribution in [3.05, 3.63) is 18.1 Å². The molecule has 0 bridgehead atoms. The highest BCUT2D eigenvalue weighted by Crippen LogP contribution is 2.19. The van der Waals surface area contributed by atoms with Gasteiger partial charge in [0.2, 0.25) is 0 Å². The second-order valence-corrected chi connectivity index (χ2v) is 7.09. The second kappa shape index (κ2) is 8.31. The van der Waals surface area contributed by atoms with Crippen molar-refractivity contribution in [3.63, 3.8) is 0 Å². The SMILES string of the molecule is Cc1cc(NC2CCN(C(=O)NC3CCCCCC3)CC2)ncn1. The third kappa shape index (κ3) is 4.82. The fraction of sp³-hybridized carbons (Fsp3) is 0.722. The van der Waals surface area contributed by atoms with E-state index >= 15 is 0 Å². The molecule has 2 heterocycles. The summed E-state index contributed by atoms with van der Waals surface area (Å²) in [5.41, 5.74) is 0.965. The van der Waals surface area contributed by atoms with Gasteiger partial charge in [0.05, 0.1) is 0 Å². The van der Waals surface area contributed by atoms with E-state index in [1.807, 2.05) is 17.9 Å². The largest absolute Gasteiger partial charge is 0.367 e. The lowest BCUT2D eigenvalue weighted by molar-refractivity contribution is 0.178. The number of carbonyl (C=O) groups is 1. The number of likely N-dealkylation sites (tertiary alicyclic amines) is 1. The van der Waals surface area contributed by atoms with Crippen molar-refractivity contribution in [2.45, 2.75) is 70.4 Å². The van der Waals surface area contributed by atoms with E-state index in [0.29, 0.717) is 12.1 Å². The first-order chi connectivity index (χ1) is 11.7. The summed E-state index contributed by atoms with van der Waals surface area (Å²) < 4.78 is 0. The molecule has 1 aromatic rings. The monoisotopic (exact) mass is 331 g/mol. The molecule has 0 aromatic carbocycles. The van der Waals surface area contributed by atoms with E-state index in [1.165, 1.54) is 25.7 Å². The summed E-state index contributed by atoms with van der Waals surface area (Å²) in [5, 5.41) is 6.71. The Balaban J connectivity index is 1.43. The number of aryl methyl sites for hydroxylation is 1. The first kappa shape index (κ1) is 17.0. The highest BCUT2D eigenvalue weighted by Gasteiger charge is 2.24. The quantitative estimate of drug-likeness (QED) is 0.835. The lowest BCUT2D eigenvalue weighted by Crippen LogP contribution is -2.49. The Morgan fingerprint density at radius 2 is 1.75 bits per heavy atom. The Bertz CT molecular complexity index is 534. The molecule has 6 heteroatoms. The standard InChI is InChI=1S/C18H29N5O/c1-14-12-17(20-13-19-14)21-16-8-10-23(11-9-16)18(24)22-15-6-4-2-3-5-7-15/h12-13,15-16H,2-11H2,1H3,(H,22,24)(H,19,20,21). The van der Waals surface area contributed by atoms with Crippen LogP contribution >= 0.6 is 0 Å². The van der Waals surface area contributed by atoms with Crippen molar-refractivity contribution in [1.29, 1.82) is 0 Å². The maximum atomic E-state index is 12.5. The zero-order valence-corrected chi connectivity index (χ0v) is 14.6. The third-order valence-electron chi connectivity index (χ3n) is 5.12. The summed E-state index contributed by atoms with van der Waals surface area (Å²) in [6, 6.07) is 2.84. The van der Waals surface area contributed by atoms with Gasteiger partial charge < -0.3 is 15.5 Å². The third-order valence-corrected chi connectivity index (χ3v) is 5.12. The summed E-state index contributed by atoms with van der Waals surface area (Å²) in [6.45, 7) is 3.58. The van der Waals surface area contributed by atoms with Gasteiger partial charge in [0.1, 0.15) is 12.1 Å². The number of aromatic nitrogens is 2. The van der Waals surface area contributed by atoms with E-state index in [9.17, 15) is 4.79 Å². The number of hydrogen-bond acceptors (Lipinski definition) is 4. The number of amides is 2. The number of urea groups is 1. The Kier molecular flexibility index (Phi) is 5.88. The van der Waals surface area contributed by atoms with E-state index in [2.05, 4.69) is 20.6 Å². The minimum absolute atomic E-state index is 0.123. The summed E-state index contributed by atoms with van der Waals surface area (Å²) in [7, 11) is 0. The molecule has 1 saturated heterocycles. The van der Waals surface area contributed by atoms with Gasteiger partial charge in [0, 0.05) is 36.9 Å². The topological polar surface area (TPSA) is 70.2 Å². The molecule has 2 fully saturated rings. The lowest BCUT2D eigenvalue weighted by Gasteiger charge is -2.33. The van der Waals surface area contributed by atoms with Gasteiger partial charge in [0.25, 0.3) is 0 Å². The number of nitrogens with one attached hydrogen (secondary N) is 2. The molecule has 0 atom stereocenters. The van der Waals surface area contributed by atoms with Gasteiger partial charge in [-0.3, -0.25) is 0 Å². The van der Waals surface area contributed by atoms with Gasteiger partial charge in [-0.25, -0.2) is 14.8 Å². The van der Waals surface area contributed by atoms with Crippen LogP contribution in [0.5, 0.6) is 0 Å². The smallest absolute Gasteiger partial charge is 0.317 e. The molecule has 24 heavy (non-hydrogen) atoms. The highest BCUT2D eigenvalue weighted by atomic mass is 16.2. The van der Waals surface area contributed by atoms with Gasteiger partial charge >= 0.3 is 6.03 Å². The number of piperidine rings is 1. The average Bonchev–Trinajstić information content (AvgIpc) is 2.84. The molecular formula is C18H29N5O. The van der Waals surface area contributed by atoms with Crippen LogP contribution in [0.15, 0.2) is 12.4 Å². The molecule has 0 radical (unpaired) electrons. The van der Waals surface area contributed by atoms with Gasteiger partial charge in [0.15, 0.2) is 0 Å². The molecule has 0 spiro atoms. The molecule has 2 N–H and O–H groups in total. The molecule has 0 unspecified atom stereocenters. The van der Waals surface area contributed by atoms with Crippen molar-refractivity contribution in [3.8, 4) is 0 Å². The molecule has 3 rings (SSSR count). The molecule has 6 nitrogen and oxygen atoms in total. The van der Waals surface area contributed by atoms with Crippen LogP contribution in [0.1, 0.15) is 57.1 Å². The first-order valence-electron chi connectivity index (χ1n) is 9.31. The van der Waals surface area contributed by atoms with Gasteiger partial charge in [-0.15, -0.1) is 0 Å². The van der Waals surface area contributed by atoms with Crippen LogP contribution in [0.2, 0.25) is 0 Å². The maximum absolute atomic E-state index is 12.5. The molecule has 1 aliphatic heterocycles. The molecule has 2 amide bonds. The van der Waals surface area contributed by atoms with E-state index < -0.39 is 0 Å². The Morgan fingerprint density at radius 1 is 1.04 bits per heavy atom. The molecular weight excluding hydrogens is 302 g/mol. The zero-order chi connectivity index (χ0) is 16.8. The zero-order valence-electron chi connectivity index (χ0n) is 14.6. The van der Waals surface area contributed by atoms with Crippen LogP contribution in [0.25, 0.3) is 0 Å². The second-order valence-electron chi connectivity index (χ2n) is 7.09. The van der Waals surface area contributed by atoms with Crippen molar-refractivity contribution in [1.82, 2.24) is 20.2 Å². The predicted octanol–water partition coefficient (Wildman–Crippen LogP) is 3.09. The van der Waals surface area contributed by atoms with Crippen molar-refractivity contribution < 1.29 is 4.79 Å². The summed E-state index contributed by atoms with van der Waals surface area (Å²) in [4.78, 5) is 22.8. The summed E-state index contributed by atoms with van der Waals surface area (Å²) in [5.74, 6) is 0.879. The van der Waals surface area contributed by atoms with Crippen molar-refractivity contribution in [2.75, 3.05) is 18.4 Å². The lowest BCUT2D eigenvalue weighted by atomic mass is 10.1. The minimum atomic E-state index is 0.123.